The summed E-state index contributed by atoms with van der Waals surface area (Å²) in [5.74, 6) is 0.957. The Kier molecular flexibility index (Phi) is 2.25. The predicted molar refractivity (Wildman–Crippen MR) is 60.8 cm³/mol. The lowest BCUT2D eigenvalue weighted by atomic mass is 10.4. The van der Waals surface area contributed by atoms with E-state index in [0.717, 1.165) is 43.5 Å². The second-order valence-electron chi connectivity index (χ2n) is 3.96. The van der Waals surface area contributed by atoms with Crippen molar-refractivity contribution in [2.45, 2.75) is 6.92 Å². The van der Waals surface area contributed by atoms with E-state index in [1.165, 1.54) is 0 Å². The number of aryl methyl sites for hydroxylation is 1. The van der Waals surface area contributed by atoms with E-state index in [9.17, 15) is 0 Å². The van der Waals surface area contributed by atoms with Gasteiger partial charge in [0.2, 0.25) is 0 Å². The van der Waals surface area contributed by atoms with Crippen LogP contribution < -0.4 is 4.90 Å². The normalized spacial score (nSPS) is 16.9. The van der Waals surface area contributed by atoms with Crippen LogP contribution in [-0.4, -0.2) is 40.7 Å². The van der Waals surface area contributed by atoms with Crippen molar-refractivity contribution >= 4 is 11.5 Å². The fourth-order valence-corrected chi connectivity index (χ4v) is 2.03. The van der Waals surface area contributed by atoms with Gasteiger partial charge >= 0.3 is 0 Å². The van der Waals surface area contributed by atoms with Crippen LogP contribution in [0.4, 0.5) is 5.82 Å². The summed E-state index contributed by atoms with van der Waals surface area (Å²) in [6.07, 6.45) is 5.76. The van der Waals surface area contributed by atoms with E-state index in [2.05, 4.69) is 14.9 Å². The number of morpholine rings is 1. The topological polar surface area (TPSA) is 42.7 Å². The van der Waals surface area contributed by atoms with E-state index < -0.39 is 0 Å². The van der Waals surface area contributed by atoms with Crippen molar-refractivity contribution in [3.05, 3.63) is 24.3 Å². The summed E-state index contributed by atoms with van der Waals surface area (Å²) in [5, 5.41) is 0. The highest BCUT2D eigenvalue weighted by atomic mass is 16.5. The molecule has 3 rings (SSSR count). The van der Waals surface area contributed by atoms with Gasteiger partial charge in [-0.2, -0.15) is 0 Å². The molecule has 2 aromatic rings. The molecule has 0 amide bonds. The number of ether oxygens (including phenoxy) is 1. The quantitative estimate of drug-likeness (QED) is 0.712. The Bertz CT molecular complexity index is 502. The molecule has 0 aliphatic carbocycles. The van der Waals surface area contributed by atoms with Gasteiger partial charge in [-0.15, -0.1) is 0 Å². The number of aromatic nitrogens is 3. The van der Waals surface area contributed by atoms with Gasteiger partial charge in [0.25, 0.3) is 0 Å². The van der Waals surface area contributed by atoms with Crippen LogP contribution in [0.1, 0.15) is 5.69 Å². The van der Waals surface area contributed by atoms with Crippen molar-refractivity contribution in [1.29, 1.82) is 0 Å². The van der Waals surface area contributed by atoms with Gasteiger partial charge in [0.05, 0.1) is 18.9 Å². The number of rotatable bonds is 1. The minimum Gasteiger partial charge on any atom is -0.378 e. The average Bonchev–Trinajstić information content (AvgIpc) is 2.70. The van der Waals surface area contributed by atoms with Gasteiger partial charge in [-0.3, -0.25) is 0 Å². The van der Waals surface area contributed by atoms with Gasteiger partial charge < -0.3 is 14.0 Å². The minimum atomic E-state index is 0.766. The van der Waals surface area contributed by atoms with Gasteiger partial charge in [-0.25, -0.2) is 9.97 Å². The molecule has 2 aromatic heterocycles. The molecule has 0 aromatic carbocycles. The van der Waals surface area contributed by atoms with Crippen LogP contribution in [0, 0.1) is 6.92 Å². The zero-order valence-corrected chi connectivity index (χ0v) is 9.26. The molecule has 0 bridgehead atoms. The molecule has 5 heteroatoms. The SMILES string of the molecule is Cc1cn2ccnc(N3CCOCC3)c2n1. The van der Waals surface area contributed by atoms with E-state index >= 15 is 0 Å². The molecule has 0 atom stereocenters. The smallest absolute Gasteiger partial charge is 0.180 e. The van der Waals surface area contributed by atoms with Gasteiger partial charge in [-0.05, 0) is 6.92 Å². The lowest BCUT2D eigenvalue weighted by Crippen LogP contribution is -2.37. The van der Waals surface area contributed by atoms with Gasteiger partial charge in [0.1, 0.15) is 0 Å². The Labute approximate surface area is 93.7 Å². The Morgan fingerprint density at radius 3 is 2.94 bits per heavy atom. The van der Waals surface area contributed by atoms with E-state index in [-0.39, 0.29) is 0 Å². The summed E-state index contributed by atoms with van der Waals surface area (Å²) in [7, 11) is 0. The van der Waals surface area contributed by atoms with Crippen molar-refractivity contribution in [3.63, 3.8) is 0 Å². The first-order valence-corrected chi connectivity index (χ1v) is 5.47. The van der Waals surface area contributed by atoms with Gasteiger partial charge in [0.15, 0.2) is 11.5 Å². The fraction of sp³-hybridized carbons (Fsp3) is 0.455. The summed E-state index contributed by atoms with van der Waals surface area (Å²) in [4.78, 5) is 11.2. The molecule has 0 radical (unpaired) electrons. The van der Waals surface area contributed by atoms with Crippen molar-refractivity contribution in [2.75, 3.05) is 31.2 Å². The Balaban J connectivity index is 2.07. The number of hydrogen-bond donors (Lipinski definition) is 0. The molecule has 84 valence electrons. The van der Waals surface area contributed by atoms with Crippen molar-refractivity contribution in [2.24, 2.45) is 0 Å². The molecule has 3 heterocycles. The van der Waals surface area contributed by atoms with Crippen LogP contribution in [-0.2, 0) is 4.74 Å². The minimum absolute atomic E-state index is 0.766. The molecule has 0 saturated carbocycles. The molecule has 1 aliphatic rings. The van der Waals surface area contributed by atoms with Crippen LogP contribution in [0.25, 0.3) is 5.65 Å². The van der Waals surface area contributed by atoms with Crippen LogP contribution in [0.3, 0.4) is 0 Å². The lowest BCUT2D eigenvalue weighted by Gasteiger charge is -2.27. The maximum absolute atomic E-state index is 5.34. The highest BCUT2D eigenvalue weighted by Gasteiger charge is 2.16. The summed E-state index contributed by atoms with van der Waals surface area (Å²) < 4.78 is 7.36. The zero-order valence-electron chi connectivity index (χ0n) is 9.26. The average molecular weight is 218 g/mol. The maximum Gasteiger partial charge on any atom is 0.180 e. The lowest BCUT2D eigenvalue weighted by molar-refractivity contribution is 0.122. The molecular formula is C11H14N4O. The van der Waals surface area contributed by atoms with Crippen LogP contribution in [0.2, 0.25) is 0 Å². The number of fused-ring (bicyclic) bond motifs is 1. The van der Waals surface area contributed by atoms with Crippen LogP contribution in [0.15, 0.2) is 18.6 Å². The Hall–Kier alpha value is -1.62. The third kappa shape index (κ3) is 1.53. The van der Waals surface area contributed by atoms with Crippen molar-refractivity contribution in [1.82, 2.24) is 14.4 Å². The summed E-state index contributed by atoms with van der Waals surface area (Å²) in [5.41, 5.74) is 1.95. The van der Waals surface area contributed by atoms with Crippen LogP contribution in [0.5, 0.6) is 0 Å². The Morgan fingerprint density at radius 2 is 2.12 bits per heavy atom. The molecule has 5 nitrogen and oxygen atoms in total. The number of nitrogens with zero attached hydrogens (tertiary/aromatic N) is 4. The summed E-state index contributed by atoms with van der Waals surface area (Å²) in [6.45, 7) is 5.30. The van der Waals surface area contributed by atoms with Gasteiger partial charge in [0, 0.05) is 31.7 Å². The second-order valence-corrected chi connectivity index (χ2v) is 3.96. The monoisotopic (exact) mass is 218 g/mol. The van der Waals surface area contributed by atoms with E-state index in [1.807, 2.05) is 29.9 Å². The highest BCUT2D eigenvalue weighted by molar-refractivity contribution is 5.64. The van der Waals surface area contributed by atoms with Gasteiger partial charge in [-0.1, -0.05) is 0 Å². The first-order chi connectivity index (χ1) is 7.84. The molecule has 0 N–H and O–H groups in total. The standard InChI is InChI=1S/C11H14N4O/c1-9-8-15-3-2-12-10(11(15)13-9)14-4-6-16-7-5-14/h2-3,8H,4-7H2,1H3. The molecule has 1 aliphatic heterocycles. The molecule has 16 heavy (non-hydrogen) atoms. The van der Waals surface area contributed by atoms with Crippen molar-refractivity contribution in [3.8, 4) is 0 Å². The highest BCUT2D eigenvalue weighted by Crippen LogP contribution is 2.18. The number of imidazole rings is 1. The molecule has 0 spiro atoms. The molecule has 1 fully saturated rings. The molecular weight excluding hydrogens is 204 g/mol. The fourth-order valence-electron chi connectivity index (χ4n) is 2.03. The summed E-state index contributed by atoms with van der Waals surface area (Å²) in [6, 6.07) is 0. The van der Waals surface area contributed by atoms with E-state index in [1.54, 1.807) is 0 Å². The van der Waals surface area contributed by atoms with E-state index in [4.69, 9.17) is 4.74 Å². The first-order valence-electron chi connectivity index (χ1n) is 5.47. The van der Waals surface area contributed by atoms with E-state index in [0.29, 0.717) is 0 Å². The summed E-state index contributed by atoms with van der Waals surface area (Å²) >= 11 is 0. The third-order valence-corrected chi connectivity index (χ3v) is 2.79. The Morgan fingerprint density at radius 1 is 1.31 bits per heavy atom. The molecule has 0 unspecified atom stereocenters. The maximum atomic E-state index is 5.34. The third-order valence-electron chi connectivity index (χ3n) is 2.79. The van der Waals surface area contributed by atoms with Crippen LogP contribution >= 0.6 is 0 Å². The predicted octanol–water partition coefficient (Wildman–Crippen LogP) is 0.874. The largest absolute Gasteiger partial charge is 0.378 e. The number of anilines is 1. The first kappa shape index (κ1) is 9.59. The zero-order chi connectivity index (χ0) is 11.0. The van der Waals surface area contributed by atoms with Crippen molar-refractivity contribution < 1.29 is 4.74 Å². The number of hydrogen-bond acceptors (Lipinski definition) is 4. The second kappa shape index (κ2) is 3.75. The molecule has 1 saturated heterocycles.